The lowest BCUT2D eigenvalue weighted by Gasteiger charge is -2.13. The molecule has 1 fully saturated rings. The molecule has 1 N–H and O–H groups in total. The van der Waals surface area contributed by atoms with Crippen LogP contribution in [0.2, 0.25) is 0 Å². The van der Waals surface area contributed by atoms with Crippen molar-refractivity contribution in [3.8, 4) is 0 Å². The number of rotatable bonds is 3. The summed E-state index contributed by atoms with van der Waals surface area (Å²) >= 11 is 0. The first-order valence-corrected chi connectivity index (χ1v) is 6.89. The molecule has 0 bridgehead atoms. The molecule has 0 atom stereocenters. The topological polar surface area (TPSA) is 45.8 Å². The minimum absolute atomic E-state index is 0.171. The highest BCUT2D eigenvalue weighted by molar-refractivity contribution is 5.13. The molecule has 0 spiro atoms. The third-order valence-corrected chi connectivity index (χ3v) is 3.61. The van der Waals surface area contributed by atoms with Crippen LogP contribution in [-0.2, 0) is 6.42 Å². The summed E-state index contributed by atoms with van der Waals surface area (Å²) in [7, 11) is 0. The van der Waals surface area contributed by atoms with Crippen LogP contribution >= 0.6 is 0 Å². The summed E-state index contributed by atoms with van der Waals surface area (Å²) in [6.45, 7) is 2.13. The summed E-state index contributed by atoms with van der Waals surface area (Å²) in [5, 5.41) is 0. The summed E-state index contributed by atoms with van der Waals surface area (Å²) < 4.78 is 0. The van der Waals surface area contributed by atoms with Crippen molar-refractivity contribution in [2.24, 2.45) is 0 Å². The molecule has 0 aromatic carbocycles. The molecule has 94 valence electrons. The first-order chi connectivity index (χ1) is 8.29. The first kappa shape index (κ1) is 12.3. The lowest BCUT2D eigenvalue weighted by atomic mass is 9.95. The molecule has 1 heterocycles. The van der Waals surface area contributed by atoms with Crippen LogP contribution < -0.4 is 5.69 Å². The number of nitrogens with zero attached hydrogens (tertiary/aromatic N) is 1. The maximum absolute atomic E-state index is 11.5. The SMILES string of the molecule is CCCc1cc(C2CCCCCC2)nc(=O)[nH]1. The van der Waals surface area contributed by atoms with E-state index in [-0.39, 0.29) is 5.69 Å². The highest BCUT2D eigenvalue weighted by Crippen LogP contribution is 2.30. The van der Waals surface area contributed by atoms with E-state index in [1.54, 1.807) is 0 Å². The van der Waals surface area contributed by atoms with Crippen LogP contribution in [0.4, 0.5) is 0 Å². The van der Waals surface area contributed by atoms with Crippen molar-refractivity contribution >= 4 is 0 Å². The standard InChI is InChI=1S/C14H22N2O/c1-2-7-12-10-13(16-14(17)15-12)11-8-5-3-4-6-9-11/h10-11H,2-9H2,1H3,(H,15,16,17). The maximum Gasteiger partial charge on any atom is 0.345 e. The van der Waals surface area contributed by atoms with Gasteiger partial charge in [0.05, 0.1) is 5.69 Å². The molecule has 3 nitrogen and oxygen atoms in total. The molecule has 0 amide bonds. The minimum Gasteiger partial charge on any atom is -0.310 e. The van der Waals surface area contributed by atoms with Crippen LogP contribution in [0.5, 0.6) is 0 Å². The van der Waals surface area contributed by atoms with Gasteiger partial charge in [0, 0.05) is 11.6 Å². The summed E-state index contributed by atoms with van der Waals surface area (Å²) in [6, 6.07) is 2.11. The summed E-state index contributed by atoms with van der Waals surface area (Å²) in [5.41, 5.74) is 1.90. The number of nitrogens with one attached hydrogen (secondary N) is 1. The Bertz CT molecular complexity index is 403. The number of hydrogen-bond donors (Lipinski definition) is 1. The quantitative estimate of drug-likeness (QED) is 0.816. The van der Waals surface area contributed by atoms with Gasteiger partial charge in [0.2, 0.25) is 0 Å². The lowest BCUT2D eigenvalue weighted by molar-refractivity contribution is 0.572. The molecule has 1 aliphatic rings. The van der Waals surface area contributed by atoms with Gasteiger partial charge in [-0.25, -0.2) is 4.79 Å². The van der Waals surface area contributed by atoms with E-state index in [1.807, 2.05) is 0 Å². The van der Waals surface area contributed by atoms with Crippen LogP contribution in [0.3, 0.4) is 0 Å². The van der Waals surface area contributed by atoms with Gasteiger partial charge in [-0.15, -0.1) is 0 Å². The molecule has 2 rings (SSSR count). The number of hydrogen-bond acceptors (Lipinski definition) is 2. The van der Waals surface area contributed by atoms with E-state index in [2.05, 4.69) is 23.0 Å². The smallest absolute Gasteiger partial charge is 0.310 e. The van der Waals surface area contributed by atoms with Crippen LogP contribution in [0.15, 0.2) is 10.9 Å². The Morgan fingerprint density at radius 3 is 2.65 bits per heavy atom. The van der Waals surface area contributed by atoms with E-state index in [0.29, 0.717) is 5.92 Å². The zero-order chi connectivity index (χ0) is 12.1. The van der Waals surface area contributed by atoms with E-state index >= 15 is 0 Å². The van der Waals surface area contributed by atoms with Gasteiger partial charge in [-0.2, -0.15) is 4.98 Å². The van der Waals surface area contributed by atoms with Gasteiger partial charge in [-0.1, -0.05) is 39.0 Å². The Labute approximate surface area is 103 Å². The van der Waals surface area contributed by atoms with Crippen molar-refractivity contribution < 1.29 is 0 Å². The van der Waals surface area contributed by atoms with Crippen molar-refractivity contribution in [2.75, 3.05) is 0 Å². The third kappa shape index (κ3) is 3.42. The molecule has 1 aromatic heterocycles. The Morgan fingerprint density at radius 2 is 2.00 bits per heavy atom. The Hall–Kier alpha value is -1.12. The molecule has 1 aliphatic carbocycles. The van der Waals surface area contributed by atoms with Crippen LogP contribution in [0.1, 0.15) is 69.2 Å². The highest BCUT2D eigenvalue weighted by Gasteiger charge is 2.16. The van der Waals surface area contributed by atoms with Crippen molar-refractivity contribution in [2.45, 2.75) is 64.2 Å². The minimum atomic E-state index is -0.171. The van der Waals surface area contributed by atoms with Crippen molar-refractivity contribution in [1.82, 2.24) is 9.97 Å². The molecule has 17 heavy (non-hydrogen) atoms. The second-order valence-corrected chi connectivity index (χ2v) is 5.07. The predicted octanol–water partition coefficient (Wildman–Crippen LogP) is 3.16. The van der Waals surface area contributed by atoms with Gasteiger partial charge in [0.25, 0.3) is 0 Å². The van der Waals surface area contributed by atoms with E-state index in [9.17, 15) is 4.79 Å². The molecule has 1 aromatic rings. The van der Waals surface area contributed by atoms with Crippen molar-refractivity contribution in [1.29, 1.82) is 0 Å². The fourth-order valence-electron chi connectivity index (χ4n) is 2.72. The average Bonchev–Trinajstić information content (AvgIpc) is 2.57. The summed E-state index contributed by atoms with van der Waals surface area (Å²) in [6.07, 6.45) is 9.62. The van der Waals surface area contributed by atoms with Gasteiger partial charge in [-0.05, 0) is 25.3 Å². The summed E-state index contributed by atoms with van der Waals surface area (Å²) in [5.74, 6) is 0.510. The number of aromatic nitrogens is 2. The molecular formula is C14H22N2O. The Balaban J connectivity index is 2.20. The lowest BCUT2D eigenvalue weighted by Crippen LogP contribution is -2.17. The number of aryl methyl sites for hydroxylation is 1. The predicted molar refractivity (Wildman–Crippen MR) is 69.3 cm³/mol. The Morgan fingerprint density at radius 1 is 1.29 bits per heavy atom. The monoisotopic (exact) mass is 234 g/mol. The van der Waals surface area contributed by atoms with Crippen molar-refractivity contribution in [3.63, 3.8) is 0 Å². The third-order valence-electron chi connectivity index (χ3n) is 3.61. The van der Waals surface area contributed by atoms with Gasteiger partial charge >= 0.3 is 5.69 Å². The van der Waals surface area contributed by atoms with Crippen molar-refractivity contribution in [3.05, 3.63) is 27.9 Å². The van der Waals surface area contributed by atoms with E-state index in [1.165, 1.54) is 38.5 Å². The molecule has 3 heteroatoms. The fraction of sp³-hybridized carbons (Fsp3) is 0.714. The zero-order valence-electron chi connectivity index (χ0n) is 10.7. The maximum atomic E-state index is 11.5. The summed E-state index contributed by atoms with van der Waals surface area (Å²) in [4.78, 5) is 18.6. The molecule has 0 radical (unpaired) electrons. The zero-order valence-corrected chi connectivity index (χ0v) is 10.7. The average molecular weight is 234 g/mol. The van der Waals surface area contributed by atoms with E-state index in [4.69, 9.17) is 0 Å². The molecule has 1 saturated carbocycles. The van der Waals surface area contributed by atoms with Gasteiger partial charge in [-0.3, -0.25) is 0 Å². The van der Waals surface area contributed by atoms with Gasteiger partial charge in [0.1, 0.15) is 0 Å². The van der Waals surface area contributed by atoms with E-state index in [0.717, 1.165) is 24.2 Å². The van der Waals surface area contributed by atoms with Gasteiger partial charge < -0.3 is 4.98 Å². The number of aromatic amines is 1. The molecule has 0 saturated heterocycles. The van der Waals surface area contributed by atoms with Gasteiger partial charge in [0.15, 0.2) is 0 Å². The molecule has 0 aliphatic heterocycles. The first-order valence-electron chi connectivity index (χ1n) is 6.89. The molecular weight excluding hydrogens is 212 g/mol. The van der Waals surface area contributed by atoms with Crippen LogP contribution in [0, 0.1) is 0 Å². The van der Waals surface area contributed by atoms with Crippen LogP contribution in [-0.4, -0.2) is 9.97 Å². The highest BCUT2D eigenvalue weighted by atomic mass is 16.1. The fourth-order valence-corrected chi connectivity index (χ4v) is 2.72. The Kier molecular flexibility index (Phi) is 4.35. The number of H-pyrrole nitrogens is 1. The second-order valence-electron chi connectivity index (χ2n) is 5.07. The molecule has 0 unspecified atom stereocenters. The van der Waals surface area contributed by atoms with E-state index < -0.39 is 0 Å². The van der Waals surface area contributed by atoms with Crippen LogP contribution in [0.25, 0.3) is 0 Å². The second kappa shape index (κ2) is 5.99. The normalized spacial score (nSPS) is 17.9. The largest absolute Gasteiger partial charge is 0.345 e.